The molecule has 11 nitrogen and oxygen atoms in total. The van der Waals surface area contributed by atoms with Gasteiger partial charge in [-0.2, -0.15) is 10.2 Å². The molecule has 12 heteroatoms. The Bertz CT molecular complexity index is 1510. The van der Waals surface area contributed by atoms with E-state index in [1.165, 1.54) is 19.2 Å². The molecule has 2 aromatic carbocycles. The summed E-state index contributed by atoms with van der Waals surface area (Å²) < 4.78 is 34.9. The third kappa shape index (κ3) is 5.98. The predicted octanol–water partition coefficient (Wildman–Crippen LogP) is 3.03. The first-order chi connectivity index (χ1) is 18.5. The molecular weight excluding hydrogens is 504 g/mol. The number of methoxy groups -OCH3 is 1. The summed E-state index contributed by atoms with van der Waals surface area (Å²) in [5, 5.41) is 9.42. The quantitative estimate of drug-likeness (QED) is 0.171. The molecule has 0 unspecified atom stereocenters. The van der Waals surface area contributed by atoms with Crippen LogP contribution < -0.4 is 14.9 Å². The van der Waals surface area contributed by atoms with Crippen LogP contribution in [0.25, 0.3) is 16.7 Å². The average Bonchev–Trinajstić information content (AvgIpc) is 3.62. The second kappa shape index (κ2) is 11.7. The third-order valence-electron chi connectivity index (χ3n) is 6.38. The normalized spacial score (nSPS) is 14.4. The Balaban J connectivity index is 1.20. The van der Waals surface area contributed by atoms with Crippen molar-refractivity contribution in [1.29, 1.82) is 0 Å². The minimum Gasteiger partial charge on any atom is -0.497 e. The molecule has 0 spiro atoms. The number of nitrogens with zero attached hydrogens (tertiary/aromatic N) is 6. The van der Waals surface area contributed by atoms with Crippen molar-refractivity contribution in [3.63, 3.8) is 0 Å². The zero-order valence-corrected chi connectivity index (χ0v) is 21.9. The Morgan fingerprint density at radius 2 is 1.92 bits per heavy atom. The van der Waals surface area contributed by atoms with Gasteiger partial charge in [-0.15, -0.1) is 0 Å². The summed E-state index contributed by atoms with van der Waals surface area (Å²) >= 11 is 0. The Morgan fingerprint density at radius 3 is 2.71 bits per heavy atom. The number of fused-ring (bicyclic) bond motifs is 1. The topological polar surface area (TPSA) is 127 Å². The number of aromatic nitrogens is 4. The van der Waals surface area contributed by atoms with E-state index in [9.17, 15) is 8.42 Å². The van der Waals surface area contributed by atoms with Crippen molar-refractivity contribution >= 4 is 33.1 Å². The van der Waals surface area contributed by atoms with Crippen LogP contribution in [0.1, 0.15) is 24.8 Å². The van der Waals surface area contributed by atoms with Crippen molar-refractivity contribution in [3.8, 4) is 11.4 Å². The summed E-state index contributed by atoms with van der Waals surface area (Å²) in [6, 6.07) is 14.1. The number of hydrogen-bond donors (Lipinski definition) is 2. The van der Waals surface area contributed by atoms with Crippen molar-refractivity contribution in [2.75, 3.05) is 38.7 Å². The van der Waals surface area contributed by atoms with E-state index in [-0.39, 0.29) is 4.90 Å². The van der Waals surface area contributed by atoms with Crippen molar-refractivity contribution in [3.05, 3.63) is 66.6 Å². The van der Waals surface area contributed by atoms with Crippen molar-refractivity contribution < 1.29 is 13.2 Å². The van der Waals surface area contributed by atoms with Gasteiger partial charge in [0.25, 0.3) is 0 Å². The van der Waals surface area contributed by atoms with Gasteiger partial charge in [0, 0.05) is 12.6 Å². The summed E-state index contributed by atoms with van der Waals surface area (Å²) in [5.74, 6) is 1.22. The molecule has 4 aromatic rings. The first-order valence-corrected chi connectivity index (χ1v) is 14.0. The Morgan fingerprint density at radius 1 is 1.11 bits per heavy atom. The van der Waals surface area contributed by atoms with Gasteiger partial charge < -0.3 is 9.64 Å². The highest BCUT2D eigenvalue weighted by Crippen LogP contribution is 2.23. The van der Waals surface area contributed by atoms with Gasteiger partial charge in [0.05, 0.1) is 35.5 Å². The van der Waals surface area contributed by atoms with E-state index < -0.39 is 10.0 Å². The number of hydrogen-bond acceptors (Lipinski definition) is 9. The minimum absolute atomic E-state index is 0.228. The molecular formula is C26H30N8O3S. The number of hydrazone groups is 1. The van der Waals surface area contributed by atoms with Crippen LogP contribution in [0, 0.1) is 0 Å². The Labute approximate surface area is 221 Å². The molecule has 0 amide bonds. The zero-order valence-electron chi connectivity index (χ0n) is 21.1. The van der Waals surface area contributed by atoms with Gasteiger partial charge >= 0.3 is 0 Å². The lowest BCUT2D eigenvalue weighted by atomic mass is 10.2. The van der Waals surface area contributed by atoms with Crippen molar-refractivity contribution in [2.45, 2.75) is 24.2 Å². The lowest BCUT2D eigenvalue weighted by Crippen LogP contribution is -2.28. The van der Waals surface area contributed by atoms with Crippen molar-refractivity contribution in [2.24, 2.45) is 5.10 Å². The zero-order chi connectivity index (χ0) is 26.4. The molecule has 0 atom stereocenters. The van der Waals surface area contributed by atoms with Gasteiger partial charge in [-0.1, -0.05) is 18.2 Å². The number of benzene rings is 2. The fraction of sp³-hybridized carbons (Fsp3) is 0.308. The molecule has 38 heavy (non-hydrogen) atoms. The standard InChI is InChI=1S/C26H30N8O3S/c1-37-22-7-4-6-21(16-22)34-26-24(18-30-34)25(27-19-28-26)32-29-17-20-8-10-23(11-9-20)38(35,36)31-12-5-15-33-13-2-3-14-33/h4,6-11,16-19,31H,2-3,5,12-15H2,1H3,(H,27,28,32)/b29-17+. The maximum atomic E-state index is 12.6. The highest BCUT2D eigenvalue weighted by atomic mass is 32.2. The SMILES string of the molecule is COc1cccc(-n2ncc3c(N/N=C/c4ccc(S(=O)(=O)NCCCN5CCCC5)cc4)ncnc32)c1. The monoisotopic (exact) mass is 534 g/mol. The maximum Gasteiger partial charge on any atom is 0.240 e. The van der Waals surface area contributed by atoms with Crippen LogP contribution in [0.5, 0.6) is 5.75 Å². The van der Waals surface area contributed by atoms with Crippen LogP contribution in [0.3, 0.4) is 0 Å². The van der Waals surface area contributed by atoms with E-state index >= 15 is 0 Å². The first kappa shape index (κ1) is 25.8. The average molecular weight is 535 g/mol. The van der Waals surface area contributed by atoms with Gasteiger partial charge in [-0.25, -0.2) is 27.8 Å². The second-order valence-corrected chi connectivity index (χ2v) is 10.7. The van der Waals surface area contributed by atoms with Gasteiger partial charge in [-0.05, 0) is 68.7 Å². The maximum absolute atomic E-state index is 12.6. The lowest BCUT2D eigenvalue weighted by Gasteiger charge is -2.14. The van der Waals surface area contributed by atoms with E-state index in [1.807, 2.05) is 24.3 Å². The van der Waals surface area contributed by atoms with Crippen LogP contribution in [0.4, 0.5) is 5.82 Å². The molecule has 2 aromatic heterocycles. The minimum atomic E-state index is -3.55. The van der Waals surface area contributed by atoms with Gasteiger partial charge in [0.1, 0.15) is 12.1 Å². The third-order valence-corrected chi connectivity index (χ3v) is 7.86. The number of anilines is 1. The number of sulfonamides is 1. The van der Waals surface area contributed by atoms with Gasteiger partial charge in [-0.3, -0.25) is 5.43 Å². The summed E-state index contributed by atoms with van der Waals surface area (Å²) in [6.07, 6.45) is 7.97. The van der Waals surface area contributed by atoms with E-state index in [1.54, 1.807) is 48.5 Å². The van der Waals surface area contributed by atoms with Crippen molar-refractivity contribution in [1.82, 2.24) is 29.4 Å². The van der Waals surface area contributed by atoms with Crippen LogP contribution >= 0.6 is 0 Å². The van der Waals surface area contributed by atoms with E-state index in [4.69, 9.17) is 4.74 Å². The number of nitrogens with one attached hydrogen (secondary N) is 2. The van der Waals surface area contributed by atoms with E-state index in [0.29, 0.717) is 23.4 Å². The molecule has 0 aliphatic carbocycles. The fourth-order valence-corrected chi connectivity index (χ4v) is 5.44. The molecule has 0 bridgehead atoms. The Hall–Kier alpha value is -3.87. The van der Waals surface area contributed by atoms with Crippen LogP contribution in [-0.2, 0) is 10.0 Å². The predicted molar refractivity (Wildman–Crippen MR) is 146 cm³/mol. The molecule has 198 valence electrons. The summed E-state index contributed by atoms with van der Waals surface area (Å²) in [6.45, 7) is 3.57. The molecule has 1 fully saturated rings. The first-order valence-electron chi connectivity index (χ1n) is 12.5. The molecule has 1 aliphatic heterocycles. The fourth-order valence-electron chi connectivity index (χ4n) is 4.36. The Kier molecular flexibility index (Phi) is 7.91. The molecule has 0 saturated carbocycles. The van der Waals surface area contributed by atoms with Crippen LogP contribution in [-0.4, -0.2) is 72.6 Å². The van der Waals surface area contributed by atoms with E-state index in [2.05, 4.69) is 35.2 Å². The summed E-state index contributed by atoms with van der Waals surface area (Å²) in [7, 11) is -1.93. The second-order valence-electron chi connectivity index (χ2n) is 8.96. The number of ether oxygens (including phenoxy) is 1. The highest BCUT2D eigenvalue weighted by molar-refractivity contribution is 7.89. The van der Waals surface area contributed by atoms with Crippen LogP contribution in [0.2, 0.25) is 0 Å². The molecule has 5 rings (SSSR count). The molecule has 2 N–H and O–H groups in total. The van der Waals surface area contributed by atoms with Crippen LogP contribution in [0.15, 0.2) is 71.1 Å². The number of likely N-dealkylation sites (tertiary alicyclic amines) is 1. The lowest BCUT2D eigenvalue weighted by molar-refractivity contribution is 0.334. The smallest absolute Gasteiger partial charge is 0.240 e. The molecule has 3 heterocycles. The molecule has 1 aliphatic rings. The highest BCUT2D eigenvalue weighted by Gasteiger charge is 2.15. The summed E-state index contributed by atoms with van der Waals surface area (Å²) in [4.78, 5) is 11.3. The molecule has 0 radical (unpaired) electrons. The van der Waals surface area contributed by atoms with E-state index in [0.717, 1.165) is 43.1 Å². The largest absolute Gasteiger partial charge is 0.497 e. The number of rotatable bonds is 11. The van der Waals surface area contributed by atoms with Gasteiger partial charge in [0.2, 0.25) is 10.0 Å². The molecule has 1 saturated heterocycles. The van der Waals surface area contributed by atoms with Gasteiger partial charge in [0.15, 0.2) is 11.5 Å². The summed E-state index contributed by atoms with van der Waals surface area (Å²) in [5.41, 5.74) is 5.10.